The maximum Gasteiger partial charge on any atom is 0.234 e. The van der Waals surface area contributed by atoms with E-state index in [9.17, 15) is 9.18 Å². The second-order valence-corrected chi connectivity index (χ2v) is 8.66. The van der Waals surface area contributed by atoms with E-state index in [1.807, 2.05) is 47.9 Å². The number of thioether (sulfide) groups is 1. The zero-order chi connectivity index (χ0) is 22.7. The van der Waals surface area contributed by atoms with E-state index < -0.39 is 0 Å². The Labute approximate surface area is 194 Å². The van der Waals surface area contributed by atoms with Crippen molar-refractivity contribution in [3.63, 3.8) is 0 Å². The van der Waals surface area contributed by atoms with Crippen LogP contribution in [-0.4, -0.2) is 26.4 Å². The molecule has 1 heterocycles. The fourth-order valence-corrected chi connectivity index (χ4v) is 3.95. The van der Waals surface area contributed by atoms with Crippen LogP contribution in [0.3, 0.4) is 0 Å². The minimum absolute atomic E-state index is 0.0924. The number of carbonyl (C=O) groups is 1. The summed E-state index contributed by atoms with van der Waals surface area (Å²) >= 11 is 7.31. The molecule has 1 amide bonds. The first kappa shape index (κ1) is 22.0. The molecule has 0 unspecified atom stereocenters. The van der Waals surface area contributed by atoms with E-state index in [1.54, 1.807) is 31.2 Å². The van der Waals surface area contributed by atoms with Crippen LogP contribution in [0.1, 0.15) is 11.1 Å². The molecule has 0 bridgehead atoms. The first-order valence-electron chi connectivity index (χ1n) is 9.88. The van der Waals surface area contributed by atoms with E-state index >= 15 is 0 Å². The van der Waals surface area contributed by atoms with Gasteiger partial charge in [-0.15, -0.1) is 10.2 Å². The number of hydrogen-bond acceptors (Lipinski definition) is 4. The third kappa shape index (κ3) is 5.00. The molecule has 0 aliphatic carbocycles. The highest BCUT2D eigenvalue weighted by atomic mass is 35.5. The molecule has 0 fully saturated rings. The minimum Gasteiger partial charge on any atom is -0.325 e. The highest BCUT2D eigenvalue weighted by Crippen LogP contribution is 2.29. The quantitative estimate of drug-likeness (QED) is 0.350. The van der Waals surface area contributed by atoms with Crippen LogP contribution >= 0.6 is 23.4 Å². The third-order valence-corrected chi connectivity index (χ3v) is 6.00. The summed E-state index contributed by atoms with van der Waals surface area (Å²) in [6, 6.07) is 19.9. The monoisotopic (exact) mass is 466 g/mol. The Balaban J connectivity index is 1.59. The summed E-state index contributed by atoms with van der Waals surface area (Å²) in [5, 5.41) is 12.6. The van der Waals surface area contributed by atoms with E-state index in [1.165, 1.54) is 17.8 Å². The summed E-state index contributed by atoms with van der Waals surface area (Å²) in [4.78, 5) is 12.5. The van der Waals surface area contributed by atoms with Crippen molar-refractivity contribution in [2.45, 2.75) is 19.0 Å². The molecule has 162 valence electrons. The second kappa shape index (κ2) is 9.54. The molecule has 8 heteroatoms. The number of nitrogens with one attached hydrogen (secondary N) is 1. The van der Waals surface area contributed by atoms with Gasteiger partial charge in [-0.05, 0) is 55.8 Å². The standard InChI is InChI=1S/C24H20ClFN4OS/c1-15-3-6-17(7-4-15)23-28-29-24(30(23)20-11-8-18(25)9-12-20)32-14-22(31)27-19-10-5-16(2)21(26)13-19/h3-13H,14H2,1-2H3,(H,27,31). The van der Waals surface area contributed by atoms with E-state index in [0.29, 0.717) is 27.3 Å². The summed E-state index contributed by atoms with van der Waals surface area (Å²) < 4.78 is 15.6. The maximum absolute atomic E-state index is 13.8. The normalized spacial score (nSPS) is 10.9. The van der Waals surface area contributed by atoms with Gasteiger partial charge in [0.15, 0.2) is 11.0 Å². The summed E-state index contributed by atoms with van der Waals surface area (Å²) in [5.74, 6) is 0.132. The fourth-order valence-electron chi connectivity index (χ4n) is 3.07. The van der Waals surface area contributed by atoms with Crippen molar-refractivity contribution < 1.29 is 9.18 Å². The second-order valence-electron chi connectivity index (χ2n) is 7.28. The Hall–Kier alpha value is -3.16. The van der Waals surface area contributed by atoms with Gasteiger partial charge in [0.1, 0.15) is 5.82 Å². The number of nitrogens with zero attached hydrogens (tertiary/aromatic N) is 3. The van der Waals surface area contributed by atoms with Gasteiger partial charge in [-0.2, -0.15) is 0 Å². The lowest BCUT2D eigenvalue weighted by molar-refractivity contribution is -0.113. The lowest BCUT2D eigenvalue weighted by atomic mass is 10.1. The molecule has 0 saturated carbocycles. The minimum atomic E-state index is -0.360. The van der Waals surface area contributed by atoms with Gasteiger partial charge in [0.25, 0.3) is 0 Å². The van der Waals surface area contributed by atoms with Crippen molar-refractivity contribution >= 4 is 35.0 Å². The number of aryl methyl sites for hydroxylation is 2. The maximum atomic E-state index is 13.8. The largest absolute Gasteiger partial charge is 0.325 e. The van der Waals surface area contributed by atoms with Crippen LogP contribution in [0.5, 0.6) is 0 Å². The van der Waals surface area contributed by atoms with Crippen LogP contribution in [-0.2, 0) is 4.79 Å². The summed E-state index contributed by atoms with van der Waals surface area (Å²) in [7, 11) is 0. The smallest absolute Gasteiger partial charge is 0.234 e. The van der Waals surface area contributed by atoms with Gasteiger partial charge in [0.2, 0.25) is 5.91 Å². The van der Waals surface area contributed by atoms with Gasteiger partial charge in [-0.25, -0.2) is 4.39 Å². The number of rotatable bonds is 6. The zero-order valence-electron chi connectivity index (χ0n) is 17.5. The summed E-state index contributed by atoms with van der Waals surface area (Å²) in [6.45, 7) is 3.69. The van der Waals surface area contributed by atoms with Crippen molar-refractivity contribution in [3.05, 3.63) is 88.7 Å². The van der Waals surface area contributed by atoms with Crippen LogP contribution in [0.4, 0.5) is 10.1 Å². The van der Waals surface area contributed by atoms with Crippen LogP contribution < -0.4 is 5.32 Å². The molecule has 0 atom stereocenters. The number of aromatic nitrogens is 3. The van der Waals surface area contributed by atoms with Gasteiger partial charge >= 0.3 is 0 Å². The first-order valence-corrected chi connectivity index (χ1v) is 11.2. The topological polar surface area (TPSA) is 59.8 Å². The average Bonchev–Trinajstić information content (AvgIpc) is 3.20. The van der Waals surface area contributed by atoms with Crippen molar-refractivity contribution in [1.29, 1.82) is 0 Å². The predicted octanol–water partition coefficient (Wildman–Crippen LogP) is 6.07. The third-order valence-electron chi connectivity index (χ3n) is 4.82. The number of amides is 1. The molecule has 4 aromatic rings. The molecule has 4 rings (SSSR count). The highest BCUT2D eigenvalue weighted by Gasteiger charge is 2.17. The Morgan fingerprint density at radius 3 is 2.44 bits per heavy atom. The molecular formula is C24H20ClFN4OS. The Bertz CT molecular complexity index is 1260. The average molecular weight is 467 g/mol. The molecule has 1 aromatic heterocycles. The summed E-state index contributed by atoms with van der Waals surface area (Å²) in [6.07, 6.45) is 0. The van der Waals surface area contributed by atoms with Gasteiger partial charge in [0, 0.05) is 22.0 Å². The zero-order valence-corrected chi connectivity index (χ0v) is 19.0. The fraction of sp³-hybridized carbons (Fsp3) is 0.125. The van der Waals surface area contributed by atoms with Crippen LogP contribution in [0.2, 0.25) is 5.02 Å². The number of hydrogen-bond donors (Lipinski definition) is 1. The van der Waals surface area contributed by atoms with Crippen molar-refractivity contribution in [1.82, 2.24) is 14.8 Å². The Kier molecular flexibility index (Phi) is 6.58. The molecule has 0 spiro atoms. The number of anilines is 1. The molecule has 5 nitrogen and oxygen atoms in total. The van der Waals surface area contributed by atoms with Gasteiger partial charge in [0.05, 0.1) is 5.75 Å². The van der Waals surface area contributed by atoms with Crippen molar-refractivity contribution in [2.75, 3.05) is 11.1 Å². The van der Waals surface area contributed by atoms with E-state index in [4.69, 9.17) is 11.6 Å². The molecule has 0 saturated heterocycles. The number of benzene rings is 3. The highest BCUT2D eigenvalue weighted by molar-refractivity contribution is 7.99. The molecule has 0 aliphatic rings. The first-order chi connectivity index (χ1) is 15.4. The Morgan fingerprint density at radius 2 is 1.75 bits per heavy atom. The van der Waals surface area contributed by atoms with Gasteiger partial charge < -0.3 is 5.32 Å². The van der Waals surface area contributed by atoms with Crippen LogP contribution in [0.25, 0.3) is 17.1 Å². The lowest BCUT2D eigenvalue weighted by Crippen LogP contribution is -2.14. The SMILES string of the molecule is Cc1ccc(-c2nnc(SCC(=O)Nc3ccc(C)c(F)c3)n2-c2ccc(Cl)cc2)cc1. The van der Waals surface area contributed by atoms with Crippen LogP contribution in [0, 0.1) is 19.7 Å². The lowest BCUT2D eigenvalue weighted by Gasteiger charge is -2.11. The molecule has 0 aliphatic heterocycles. The van der Waals surface area contributed by atoms with E-state index in [2.05, 4.69) is 15.5 Å². The molecule has 32 heavy (non-hydrogen) atoms. The molecule has 1 N–H and O–H groups in total. The van der Waals surface area contributed by atoms with Crippen molar-refractivity contribution in [2.24, 2.45) is 0 Å². The van der Waals surface area contributed by atoms with Crippen LogP contribution in [0.15, 0.2) is 71.9 Å². The molecular weight excluding hydrogens is 447 g/mol. The van der Waals surface area contributed by atoms with Crippen molar-refractivity contribution in [3.8, 4) is 17.1 Å². The van der Waals surface area contributed by atoms with E-state index in [-0.39, 0.29) is 17.5 Å². The van der Waals surface area contributed by atoms with Gasteiger partial charge in [-0.3, -0.25) is 9.36 Å². The Morgan fingerprint density at radius 1 is 1.03 bits per heavy atom. The van der Waals surface area contributed by atoms with Gasteiger partial charge in [-0.1, -0.05) is 59.3 Å². The van der Waals surface area contributed by atoms with E-state index in [0.717, 1.165) is 16.8 Å². The molecule has 0 radical (unpaired) electrons. The number of halogens is 2. The predicted molar refractivity (Wildman–Crippen MR) is 127 cm³/mol. The summed E-state index contributed by atoms with van der Waals surface area (Å²) in [5.41, 5.74) is 3.82. The number of carbonyl (C=O) groups excluding carboxylic acids is 1. The molecule has 3 aromatic carbocycles.